The number of imidazole rings is 1. The molecule has 0 atom stereocenters. The van der Waals surface area contributed by atoms with E-state index >= 15 is 0 Å². The van der Waals surface area contributed by atoms with Crippen LogP contribution >= 0.6 is 11.8 Å². The van der Waals surface area contributed by atoms with Gasteiger partial charge in [0.25, 0.3) is 11.8 Å². The zero-order chi connectivity index (χ0) is 25.5. The van der Waals surface area contributed by atoms with Crippen LogP contribution in [0.3, 0.4) is 0 Å². The predicted octanol–water partition coefficient (Wildman–Crippen LogP) is 3.39. The van der Waals surface area contributed by atoms with Crippen LogP contribution in [0.25, 0.3) is 0 Å². The van der Waals surface area contributed by atoms with Gasteiger partial charge in [-0.25, -0.2) is 14.4 Å². The summed E-state index contributed by atoms with van der Waals surface area (Å²) >= 11 is 1.56. The van der Waals surface area contributed by atoms with Crippen LogP contribution in [0.15, 0.2) is 53.9 Å². The zero-order valence-corrected chi connectivity index (χ0v) is 20.6. The molecule has 2 amide bonds. The summed E-state index contributed by atoms with van der Waals surface area (Å²) in [6.07, 6.45) is 8.75. The molecular formula is C25H28FN5O4S. The van der Waals surface area contributed by atoms with Gasteiger partial charge >= 0.3 is 0 Å². The summed E-state index contributed by atoms with van der Waals surface area (Å²) in [4.78, 5) is 34.5. The highest BCUT2D eigenvalue weighted by Gasteiger charge is 2.26. The van der Waals surface area contributed by atoms with Crippen molar-refractivity contribution in [3.05, 3.63) is 66.1 Å². The third-order valence-corrected chi connectivity index (χ3v) is 6.67. The van der Waals surface area contributed by atoms with E-state index < -0.39 is 11.7 Å². The van der Waals surface area contributed by atoms with Gasteiger partial charge in [0.05, 0.1) is 19.1 Å². The van der Waals surface area contributed by atoms with Crippen molar-refractivity contribution in [1.82, 2.24) is 25.2 Å². The first-order chi connectivity index (χ1) is 17.4. The fraction of sp³-hybridized carbons (Fsp3) is 0.360. The summed E-state index contributed by atoms with van der Waals surface area (Å²) in [6.45, 7) is 0.348. The molecule has 1 aromatic carbocycles. The molecule has 190 valence electrons. The van der Waals surface area contributed by atoms with Crippen molar-refractivity contribution >= 4 is 23.6 Å². The number of aliphatic hydroxyl groups is 1. The van der Waals surface area contributed by atoms with Gasteiger partial charge in [0, 0.05) is 29.7 Å². The van der Waals surface area contributed by atoms with E-state index in [-0.39, 0.29) is 36.0 Å². The molecule has 0 unspecified atom stereocenters. The number of ether oxygens (including phenoxy) is 1. The molecule has 2 heterocycles. The number of halogens is 1. The number of carbonyl (C=O) groups excluding carboxylic acids is 2. The van der Waals surface area contributed by atoms with E-state index in [2.05, 4.69) is 20.6 Å². The zero-order valence-electron chi connectivity index (χ0n) is 19.8. The number of rotatable bonds is 9. The molecule has 1 saturated carbocycles. The number of aromatic nitrogens is 3. The van der Waals surface area contributed by atoms with Crippen LogP contribution in [0.4, 0.5) is 4.39 Å². The molecule has 3 N–H and O–H groups in total. The van der Waals surface area contributed by atoms with Crippen LogP contribution in [-0.4, -0.2) is 56.4 Å². The van der Waals surface area contributed by atoms with E-state index in [9.17, 15) is 14.0 Å². The molecule has 1 aliphatic carbocycles. The molecule has 0 radical (unpaired) electrons. The molecule has 1 fully saturated rings. The maximum absolute atomic E-state index is 13.9. The van der Waals surface area contributed by atoms with Crippen molar-refractivity contribution in [3.63, 3.8) is 0 Å². The Morgan fingerprint density at radius 1 is 1.14 bits per heavy atom. The summed E-state index contributed by atoms with van der Waals surface area (Å²) in [6, 6.07) is 8.31. The van der Waals surface area contributed by atoms with E-state index in [1.54, 1.807) is 28.6 Å². The Balaban J connectivity index is 1.33. The highest BCUT2D eigenvalue weighted by Crippen LogP contribution is 2.28. The number of hydrogen-bond acceptors (Lipinski definition) is 7. The minimum atomic E-state index is -0.627. The SMILES string of the molecule is CSc1cccc(Oc2ncc(F)cc2C(=O)NC2CCC(NC(=O)c3cn(CCO)cn3)CC2)c1. The lowest BCUT2D eigenvalue weighted by molar-refractivity contribution is 0.0887. The molecule has 0 spiro atoms. The predicted molar refractivity (Wildman–Crippen MR) is 133 cm³/mol. The standard InChI is InChI=1S/C25H28FN5O4S/c1-36-20-4-2-3-19(12-20)35-25-21(11-16(26)13-27-25)23(33)29-17-5-7-18(8-6-17)30-24(34)22-14-31(9-10-32)15-28-22/h2-4,11-15,17-18,32H,5-10H2,1H3,(H,29,33)(H,30,34). The maximum atomic E-state index is 13.9. The van der Waals surface area contributed by atoms with Crippen molar-refractivity contribution in [2.45, 2.75) is 49.2 Å². The lowest BCUT2D eigenvalue weighted by atomic mass is 9.91. The van der Waals surface area contributed by atoms with Gasteiger partial charge in [0.15, 0.2) is 0 Å². The van der Waals surface area contributed by atoms with Gasteiger partial charge < -0.3 is 25.0 Å². The first-order valence-electron chi connectivity index (χ1n) is 11.7. The molecule has 1 aliphatic rings. The fourth-order valence-corrected chi connectivity index (χ4v) is 4.52. The van der Waals surface area contributed by atoms with Crippen molar-refractivity contribution in [2.24, 2.45) is 0 Å². The van der Waals surface area contributed by atoms with Crippen molar-refractivity contribution in [2.75, 3.05) is 12.9 Å². The number of nitrogens with zero attached hydrogens (tertiary/aromatic N) is 3. The Bertz CT molecular complexity index is 1210. The first kappa shape index (κ1) is 25.6. The van der Waals surface area contributed by atoms with Gasteiger partial charge in [-0.05, 0) is 56.2 Å². The van der Waals surface area contributed by atoms with Gasteiger partial charge in [0.1, 0.15) is 22.8 Å². The summed E-state index contributed by atoms with van der Waals surface area (Å²) in [7, 11) is 0. The Kier molecular flexibility index (Phi) is 8.55. The normalized spacial score (nSPS) is 17.4. The number of amides is 2. The van der Waals surface area contributed by atoms with Gasteiger partial charge in [-0.3, -0.25) is 9.59 Å². The molecule has 36 heavy (non-hydrogen) atoms. The molecule has 0 bridgehead atoms. The van der Waals surface area contributed by atoms with Gasteiger partial charge in [-0.15, -0.1) is 11.8 Å². The smallest absolute Gasteiger partial charge is 0.271 e. The quantitative estimate of drug-likeness (QED) is 0.375. The van der Waals surface area contributed by atoms with E-state index in [1.807, 2.05) is 24.5 Å². The molecule has 4 rings (SSSR count). The van der Waals surface area contributed by atoms with Crippen LogP contribution in [0.1, 0.15) is 46.5 Å². The third-order valence-electron chi connectivity index (χ3n) is 5.94. The van der Waals surface area contributed by atoms with Gasteiger partial charge in [-0.2, -0.15) is 0 Å². The van der Waals surface area contributed by atoms with E-state index in [0.29, 0.717) is 43.7 Å². The number of carbonyl (C=O) groups is 2. The number of pyridine rings is 1. The second-order valence-corrected chi connectivity index (χ2v) is 9.38. The van der Waals surface area contributed by atoms with Crippen molar-refractivity contribution < 1.29 is 23.8 Å². The molecule has 0 saturated heterocycles. The number of hydrogen-bond donors (Lipinski definition) is 3. The topological polar surface area (TPSA) is 118 Å². The average Bonchev–Trinajstić information content (AvgIpc) is 3.35. The first-order valence-corrected chi connectivity index (χ1v) is 12.9. The Labute approximate surface area is 212 Å². The maximum Gasteiger partial charge on any atom is 0.271 e. The number of thioether (sulfide) groups is 1. The molecular weight excluding hydrogens is 485 g/mol. The monoisotopic (exact) mass is 513 g/mol. The molecule has 0 aliphatic heterocycles. The second-order valence-electron chi connectivity index (χ2n) is 8.50. The Morgan fingerprint density at radius 3 is 2.56 bits per heavy atom. The highest BCUT2D eigenvalue weighted by atomic mass is 32.2. The van der Waals surface area contributed by atoms with Crippen LogP contribution in [0.5, 0.6) is 11.6 Å². The lowest BCUT2D eigenvalue weighted by Gasteiger charge is -2.29. The summed E-state index contributed by atoms with van der Waals surface area (Å²) in [5.41, 5.74) is 0.325. The number of benzene rings is 1. The van der Waals surface area contributed by atoms with Crippen LogP contribution < -0.4 is 15.4 Å². The molecule has 11 heteroatoms. The molecule has 3 aromatic rings. The van der Waals surface area contributed by atoms with Crippen molar-refractivity contribution in [3.8, 4) is 11.6 Å². The highest BCUT2D eigenvalue weighted by molar-refractivity contribution is 7.98. The van der Waals surface area contributed by atoms with Crippen LogP contribution in [0.2, 0.25) is 0 Å². The molecule has 9 nitrogen and oxygen atoms in total. The summed E-state index contributed by atoms with van der Waals surface area (Å²) in [5.74, 6) is -0.809. The van der Waals surface area contributed by atoms with Crippen molar-refractivity contribution in [1.29, 1.82) is 0 Å². The minimum Gasteiger partial charge on any atom is -0.438 e. The Hall–Kier alpha value is -3.44. The summed E-state index contributed by atoms with van der Waals surface area (Å²) < 4.78 is 21.4. The molecule has 2 aromatic heterocycles. The summed E-state index contributed by atoms with van der Waals surface area (Å²) in [5, 5.41) is 14.9. The number of nitrogens with one attached hydrogen (secondary N) is 2. The van der Waals surface area contributed by atoms with Gasteiger partial charge in [0.2, 0.25) is 5.88 Å². The number of aliphatic hydroxyl groups excluding tert-OH is 1. The van der Waals surface area contributed by atoms with Gasteiger partial charge in [-0.1, -0.05) is 6.07 Å². The van der Waals surface area contributed by atoms with E-state index in [0.717, 1.165) is 17.2 Å². The van der Waals surface area contributed by atoms with E-state index in [4.69, 9.17) is 9.84 Å². The Morgan fingerprint density at radius 2 is 1.86 bits per heavy atom. The second kappa shape index (κ2) is 12.0. The fourth-order valence-electron chi connectivity index (χ4n) is 4.07. The minimum absolute atomic E-state index is 0.0263. The van der Waals surface area contributed by atoms with E-state index in [1.165, 1.54) is 6.33 Å². The lowest BCUT2D eigenvalue weighted by Crippen LogP contribution is -2.44. The third kappa shape index (κ3) is 6.61. The average molecular weight is 514 g/mol. The van der Waals surface area contributed by atoms with Crippen LogP contribution in [0, 0.1) is 5.82 Å². The largest absolute Gasteiger partial charge is 0.438 e. The van der Waals surface area contributed by atoms with Crippen LogP contribution in [-0.2, 0) is 6.54 Å².